The molecule has 1 aliphatic rings. The maximum Gasteiger partial charge on any atom is 0.115 e. The Morgan fingerprint density at radius 3 is 2.68 bits per heavy atom. The molecule has 3 nitrogen and oxygen atoms in total. The molecule has 0 bridgehead atoms. The van der Waals surface area contributed by atoms with Crippen molar-refractivity contribution in [2.45, 2.75) is 31.4 Å². The van der Waals surface area contributed by atoms with E-state index in [4.69, 9.17) is 11.2 Å². The Morgan fingerprint density at radius 2 is 2.16 bits per heavy atom. The summed E-state index contributed by atoms with van der Waals surface area (Å²) in [7, 11) is 2.10. The number of rotatable bonds is 3. The van der Waals surface area contributed by atoms with Crippen LogP contribution in [0.15, 0.2) is 24.3 Å². The van der Waals surface area contributed by atoms with E-state index in [0.717, 1.165) is 18.5 Å². The largest absolute Gasteiger partial charge is 0.508 e. The topological polar surface area (TPSA) is 32.7 Å². The number of morpholine rings is 1. The zero-order valence-corrected chi connectivity index (χ0v) is 11.6. The molecule has 2 rings (SSSR count). The molecule has 0 aliphatic carbocycles. The average molecular weight is 259 g/mol. The van der Waals surface area contributed by atoms with Crippen molar-refractivity contribution >= 4 is 0 Å². The molecular weight excluding hydrogens is 238 g/mol. The van der Waals surface area contributed by atoms with E-state index < -0.39 is 0 Å². The van der Waals surface area contributed by atoms with Gasteiger partial charge in [-0.15, -0.1) is 12.3 Å². The molecule has 3 heteroatoms. The van der Waals surface area contributed by atoms with Crippen LogP contribution in [0.4, 0.5) is 0 Å². The number of benzene rings is 1. The first-order chi connectivity index (χ1) is 9.10. The molecule has 0 saturated carbocycles. The lowest BCUT2D eigenvalue weighted by molar-refractivity contribution is -0.128. The normalized spacial score (nSPS) is 27.9. The molecule has 1 saturated heterocycles. The van der Waals surface area contributed by atoms with Gasteiger partial charge in [0.1, 0.15) is 5.75 Å². The quantitative estimate of drug-likeness (QED) is 0.847. The number of phenolic OH excluding ortho intramolecular Hbond substituents is 1. The summed E-state index contributed by atoms with van der Waals surface area (Å²) in [6.07, 6.45) is 7.02. The highest BCUT2D eigenvalue weighted by molar-refractivity contribution is 5.28. The molecular formula is C16H21NO2. The fraction of sp³-hybridized carbons (Fsp3) is 0.500. The number of ether oxygens (including phenoxy) is 1. The average Bonchev–Trinajstić information content (AvgIpc) is 2.41. The van der Waals surface area contributed by atoms with Crippen molar-refractivity contribution in [3.05, 3.63) is 29.8 Å². The third-order valence-electron chi connectivity index (χ3n) is 3.96. The summed E-state index contributed by atoms with van der Waals surface area (Å²) in [5.41, 5.74) is 0.947. The van der Waals surface area contributed by atoms with Gasteiger partial charge in [0.05, 0.1) is 18.2 Å². The second-order valence-electron chi connectivity index (χ2n) is 5.25. The number of hydrogen-bond donors (Lipinski definition) is 1. The standard InChI is InChI=1S/C16H21NO2/c1-4-10-16(5-2)12-17(3)15(11-19-16)13-6-8-14(18)9-7-13/h1,6-9,15,18H,5,10-12H2,2-3H3. The number of nitrogens with zero attached hydrogens (tertiary/aromatic N) is 1. The Kier molecular flexibility index (Phi) is 4.14. The zero-order valence-electron chi connectivity index (χ0n) is 11.6. The lowest BCUT2D eigenvalue weighted by atomic mass is 9.92. The van der Waals surface area contributed by atoms with E-state index in [-0.39, 0.29) is 11.6 Å². The summed E-state index contributed by atoms with van der Waals surface area (Å²) >= 11 is 0. The Morgan fingerprint density at radius 1 is 1.47 bits per heavy atom. The third kappa shape index (κ3) is 2.91. The highest BCUT2D eigenvalue weighted by Gasteiger charge is 2.37. The van der Waals surface area contributed by atoms with Crippen LogP contribution in [-0.2, 0) is 4.74 Å². The van der Waals surface area contributed by atoms with Gasteiger partial charge in [-0.25, -0.2) is 0 Å². The molecule has 1 aliphatic heterocycles. The predicted molar refractivity (Wildman–Crippen MR) is 75.9 cm³/mol. The molecule has 0 radical (unpaired) electrons. The van der Waals surface area contributed by atoms with E-state index in [1.165, 1.54) is 0 Å². The molecule has 1 aromatic carbocycles. The SMILES string of the molecule is C#CCC1(CC)CN(C)C(c2ccc(O)cc2)CO1. The second kappa shape index (κ2) is 5.64. The van der Waals surface area contributed by atoms with Gasteiger partial charge >= 0.3 is 0 Å². The molecule has 1 heterocycles. The van der Waals surface area contributed by atoms with E-state index in [2.05, 4.69) is 24.8 Å². The van der Waals surface area contributed by atoms with Gasteiger partial charge in [-0.3, -0.25) is 4.90 Å². The smallest absolute Gasteiger partial charge is 0.115 e. The number of terminal acetylenes is 1. The van der Waals surface area contributed by atoms with Crippen molar-refractivity contribution < 1.29 is 9.84 Å². The summed E-state index contributed by atoms with van der Waals surface area (Å²) < 4.78 is 6.08. The Balaban J connectivity index is 2.12. The van der Waals surface area contributed by atoms with Gasteiger partial charge in [0, 0.05) is 13.0 Å². The third-order valence-corrected chi connectivity index (χ3v) is 3.96. The maximum atomic E-state index is 9.35. The van der Waals surface area contributed by atoms with E-state index in [1.54, 1.807) is 12.1 Å². The first kappa shape index (κ1) is 13.9. The number of phenols is 1. The molecule has 19 heavy (non-hydrogen) atoms. The van der Waals surface area contributed by atoms with Crippen molar-refractivity contribution in [2.24, 2.45) is 0 Å². The van der Waals surface area contributed by atoms with Crippen molar-refractivity contribution in [1.29, 1.82) is 0 Å². The fourth-order valence-corrected chi connectivity index (χ4v) is 2.67. The van der Waals surface area contributed by atoms with Gasteiger partial charge < -0.3 is 9.84 Å². The van der Waals surface area contributed by atoms with Gasteiger partial charge in [0.25, 0.3) is 0 Å². The van der Waals surface area contributed by atoms with Gasteiger partial charge in [-0.1, -0.05) is 19.1 Å². The van der Waals surface area contributed by atoms with Crippen LogP contribution in [0, 0.1) is 12.3 Å². The highest BCUT2D eigenvalue weighted by Crippen LogP contribution is 2.33. The van der Waals surface area contributed by atoms with Crippen LogP contribution >= 0.6 is 0 Å². The fourth-order valence-electron chi connectivity index (χ4n) is 2.67. The number of hydrogen-bond acceptors (Lipinski definition) is 3. The summed E-state index contributed by atoms with van der Waals surface area (Å²) in [5.74, 6) is 3.02. The van der Waals surface area contributed by atoms with Crippen molar-refractivity contribution in [1.82, 2.24) is 4.90 Å². The van der Waals surface area contributed by atoms with E-state index in [0.29, 0.717) is 18.8 Å². The molecule has 102 valence electrons. The molecule has 1 aromatic rings. The summed E-state index contributed by atoms with van der Waals surface area (Å²) in [6, 6.07) is 7.54. The van der Waals surface area contributed by atoms with Crippen LogP contribution in [0.1, 0.15) is 31.4 Å². The molecule has 0 aromatic heterocycles. The van der Waals surface area contributed by atoms with Gasteiger partial charge in [-0.05, 0) is 31.2 Å². The lowest BCUT2D eigenvalue weighted by Gasteiger charge is -2.44. The molecule has 0 amide bonds. The second-order valence-corrected chi connectivity index (χ2v) is 5.25. The van der Waals surface area contributed by atoms with Gasteiger partial charge in [0.2, 0.25) is 0 Å². The van der Waals surface area contributed by atoms with Crippen LogP contribution in [-0.4, -0.2) is 35.8 Å². The Labute approximate surface area is 115 Å². The van der Waals surface area contributed by atoms with Crippen LogP contribution in [0.2, 0.25) is 0 Å². The summed E-state index contributed by atoms with van der Waals surface area (Å²) in [5, 5.41) is 9.35. The van der Waals surface area contributed by atoms with E-state index in [9.17, 15) is 5.11 Å². The van der Waals surface area contributed by atoms with E-state index in [1.807, 2.05) is 12.1 Å². The molecule has 2 atom stereocenters. The minimum absolute atomic E-state index is 0.211. The Hall–Kier alpha value is -1.50. The number of likely N-dealkylation sites (N-methyl/N-ethyl adjacent to an activating group) is 1. The van der Waals surface area contributed by atoms with Crippen molar-refractivity contribution in [2.75, 3.05) is 20.2 Å². The monoisotopic (exact) mass is 259 g/mol. The van der Waals surface area contributed by atoms with Crippen LogP contribution in [0.25, 0.3) is 0 Å². The van der Waals surface area contributed by atoms with Crippen LogP contribution < -0.4 is 0 Å². The first-order valence-corrected chi connectivity index (χ1v) is 6.67. The summed E-state index contributed by atoms with van der Waals surface area (Å²) in [4.78, 5) is 2.29. The minimum atomic E-state index is -0.211. The van der Waals surface area contributed by atoms with Gasteiger partial charge in [0.15, 0.2) is 0 Å². The highest BCUT2D eigenvalue weighted by atomic mass is 16.5. The Bertz CT molecular complexity index is 463. The first-order valence-electron chi connectivity index (χ1n) is 6.67. The molecule has 1 N–H and O–H groups in total. The molecule has 0 spiro atoms. The lowest BCUT2D eigenvalue weighted by Crippen LogP contribution is -2.51. The van der Waals surface area contributed by atoms with Crippen LogP contribution in [0.3, 0.4) is 0 Å². The van der Waals surface area contributed by atoms with Crippen molar-refractivity contribution in [3.8, 4) is 18.1 Å². The van der Waals surface area contributed by atoms with Crippen molar-refractivity contribution in [3.63, 3.8) is 0 Å². The predicted octanol–water partition coefficient (Wildman–Crippen LogP) is 2.57. The van der Waals surface area contributed by atoms with E-state index >= 15 is 0 Å². The zero-order chi connectivity index (χ0) is 13.9. The maximum absolute atomic E-state index is 9.35. The summed E-state index contributed by atoms with van der Waals surface area (Å²) in [6.45, 7) is 3.59. The van der Waals surface area contributed by atoms with Crippen LogP contribution in [0.5, 0.6) is 5.75 Å². The minimum Gasteiger partial charge on any atom is -0.508 e. The number of aromatic hydroxyl groups is 1. The van der Waals surface area contributed by atoms with Gasteiger partial charge in [-0.2, -0.15) is 0 Å². The molecule has 2 unspecified atom stereocenters. The molecule has 1 fully saturated rings.